The van der Waals surface area contributed by atoms with Crippen LogP contribution in [-0.2, 0) is 38.2 Å². The summed E-state index contributed by atoms with van der Waals surface area (Å²) in [5.41, 5.74) is -4.86. The predicted molar refractivity (Wildman–Crippen MR) is 236 cm³/mol. The van der Waals surface area contributed by atoms with Crippen LogP contribution in [0.3, 0.4) is 0 Å². The molecule has 3 unspecified atom stereocenters. The molecular weight excluding hydrogens is 753 g/mol. The van der Waals surface area contributed by atoms with E-state index >= 15 is 0 Å². The van der Waals surface area contributed by atoms with Gasteiger partial charge >= 0.3 is 5.97 Å². The van der Waals surface area contributed by atoms with Crippen molar-refractivity contribution in [3.8, 4) is 0 Å². The van der Waals surface area contributed by atoms with Crippen molar-refractivity contribution in [1.29, 1.82) is 0 Å². The molecule has 0 aromatic rings. The van der Waals surface area contributed by atoms with Crippen LogP contribution in [0.5, 0.6) is 0 Å². The summed E-state index contributed by atoms with van der Waals surface area (Å²) in [5.74, 6) is -1.55. The lowest BCUT2D eigenvalue weighted by Crippen LogP contribution is -2.60. The highest BCUT2D eigenvalue weighted by Crippen LogP contribution is 2.38. The zero-order valence-electron chi connectivity index (χ0n) is 40.6. The van der Waals surface area contributed by atoms with E-state index in [9.17, 15) is 29.1 Å². The fourth-order valence-electron chi connectivity index (χ4n) is 7.88. The minimum absolute atomic E-state index is 0.0319. The Hall–Kier alpha value is -2.45. The predicted octanol–water partition coefficient (Wildman–Crippen LogP) is 7.52. The monoisotopic (exact) mass is 841 g/mol. The molecule has 0 bridgehead atoms. The Labute approximate surface area is 358 Å². The lowest BCUT2D eigenvalue weighted by molar-refractivity contribution is -0.140. The number of ketones is 2. The van der Waals surface area contributed by atoms with Crippen LogP contribution in [0.1, 0.15) is 182 Å². The molecule has 0 heterocycles. The molecule has 2 amide bonds. The van der Waals surface area contributed by atoms with Crippen LogP contribution in [0.15, 0.2) is 0 Å². The minimum atomic E-state index is -1.05. The first-order valence-electron chi connectivity index (χ1n) is 22.0. The van der Waals surface area contributed by atoms with Gasteiger partial charge < -0.3 is 35.3 Å². The lowest BCUT2D eigenvalue weighted by Gasteiger charge is -2.43. The number of ether oxygens (including phenoxy) is 3. The number of hydrogen-bond acceptors (Lipinski definition) is 10. The Bertz CT molecular complexity index is 1360. The van der Waals surface area contributed by atoms with Crippen LogP contribution in [0.2, 0.25) is 0 Å². The van der Waals surface area contributed by atoms with Crippen molar-refractivity contribution in [2.75, 3.05) is 26.4 Å². The molecule has 0 saturated carbocycles. The van der Waals surface area contributed by atoms with Crippen molar-refractivity contribution in [3.63, 3.8) is 0 Å². The standard InChI is InChI=1S/C46H88N4O9/c1-19-45(17,38(55)34(28-40(7,8)29-37(53)54)48-35(51)22-24-44(15,16)59-21-3)47-31-41(9,10)30-42(11,12)39(56)46(18,20-2)49-33(6)58-26-23-36(52)50-43(13,14)25-27-57-32(4)5/h32-34,47,49H,19-31H2,1-18H3,(H,48,51)(H,50,52)(H,53,54)/t33?,34-,45?,46?/m0/s1. The third-order valence-corrected chi connectivity index (χ3v) is 11.4. The maximum Gasteiger partial charge on any atom is 0.303 e. The fraction of sp³-hybridized carbons (Fsp3) is 0.891. The zero-order valence-corrected chi connectivity index (χ0v) is 40.6. The van der Waals surface area contributed by atoms with Gasteiger partial charge in [-0.3, -0.25) is 29.3 Å². The molecule has 5 N–H and O–H groups in total. The number of nitrogens with one attached hydrogen (secondary N) is 4. The van der Waals surface area contributed by atoms with Crippen LogP contribution in [0, 0.1) is 16.2 Å². The van der Waals surface area contributed by atoms with E-state index in [1.54, 1.807) is 13.8 Å². The molecule has 0 aromatic carbocycles. The van der Waals surface area contributed by atoms with Gasteiger partial charge in [0.15, 0.2) is 11.6 Å². The first-order valence-corrected chi connectivity index (χ1v) is 22.0. The van der Waals surface area contributed by atoms with Gasteiger partial charge in [-0.1, -0.05) is 55.4 Å². The van der Waals surface area contributed by atoms with Crippen LogP contribution < -0.4 is 21.3 Å². The summed E-state index contributed by atoms with van der Waals surface area (Å²) in [6.07, 6.45) is 2.59. The molecule has 0 fully saturated rings. The third kappa shape index (κ3) is 21.8. The SMILES string of the molecule is CCOC(C)(C)CCC(=O)N[C@@H](CC(C)(C)CC(=O)O)C(=O)C(C)(CC)NCC(C)(C)CC(C)(C)C(=O)C(C)(CC)NC(C)OCCC(=O)NC(C)(C)CCOC(C)C. The van der Waals surface area contributed by atoms with Gasteiger partial charge in [-0.25, -0.2) is 0 Å². The molecule has 0 aliphatic heterocycles. The van der Waals surface area contributed by atoms with E-state index in [1.165, 1.54) is 0 Å². The van der Waals surface area contributed by atoms with Crippen molar-refractivity contribution in [3.05, 3.63) is 0 Å². The number of rotatable bonds is 32. The van der Waals surface area contributed by atoms with Gasteiger partial charge in [-0.15, -0.1) is 0 Å². The molecule has 0 spiro atoms. The van der Waals surface area contributed by atoms with E-state index in [1.807, 2.05) is 96.9 Å². The van der Waals surface area contributed by atoms with Gasteiger partial charge in [-0.2, -0.15) is 0 Å². The number of aliphatic carboxylic acids is 1. The molecule has 13 nitrogen and oxygen atoms in total. The van der Waals surface area contributed by atoms with Crippen molar-refractivity contribution in [2.24, 2.45) is 16.2 Å². The molecular formula is C46H88N4O9. The maximum absolute atomic E-state index is 14.5. The molecule has 0 aromatic heterocycles. The number of Topliss-reactive ketones (excluding diaryl/α,β-unsaturated/α-hetero) is 2. The van der Waals surface area contributed by atoms with Crippen molar-refractivity contribution < 1.29 is 43.3 Å². The summed E-state index contributed by atoms with van der Waals surface area (Å²) in [6.45, 7) is 36.4. The number of carbonyl (C=O) groups is 5. The summed E-state index contributed by atoms with van der Waals surface area (Å²) in [7, 11) is 0. The van der Waals surface area contributed by atoms with E-state index < -0.39 is 56.7 Å². The van der Waals surface area contributed by atoms with Gasteiger partial charge in [0.25, 0.3) is 0 Å². The Balaban J connectivity index is 5.81. The molecule has 0 radical (unpaired) electrons. The molecule has 0 saturated heterocycles. The van der Waals surface area contributed by atoms with E-state index in [0.29, 0.717) is 51.9 Å². The van der Waals surface area contributed by atoms with Crippen molar-refractivity contribution >= 4 is 29.4 Å². The van der Waals surface area contributed by atoms with E-state index in [-0.39, 0.29) is 61.8 Å². The fourth-order valence-corrected chi connectivity index (χ4v) is 7.88. The molecule has 59 heavy (non-hydrogen) atoms. The van der Waals surface area contributed by atoms with Gasteiger partial charge in [0.05, 0.1) is 48.3 Å². The first kappa shape index (κ1) is 56.5. The Kier molecular flexibility index (Phi) is 22.7. The molecule has 346 valence electrons. The van der Waals surface area contributed by atoms with Crippen molar-refractivity contribution in [1.82, 2.24) is 21.3 Å². The van der Waals surface area contributed by atoms with Gasteiger partial charge in [0, 0.05) is 37.1 Å². The average molecular weight is 841 g/mol. The number of amides is 2. The van der Waals surface area contributed by atoms with Crippen LogP contribution >= 0.6 is 0 Å². The first-order chi connectivity index (χ1) is 26.7. The maximum atomic E-state index is 14.5. The summed E-state index contributed by atoms with van der Waals surface area (Å²) in [4.78, 5) is 66.5. The zero-order chi connectivity index (χ0) is 46.3. The van der Waals surface area contributed by atoms with E-state index in [2.05, 4.69) is 35.1 Å². The smallest absolute Gasteiger partial charge is 0.303 e. The van der Waals surface area contributed by atoms with Gasteiger partial charge in [-0.05, 0) is 119 Å². The number of carbonyl (C=O) groups excluding carboxylic acids is 4. The van der Waals surface area contributed by atoms with Gasteiger partial charge in [0.1, 0.15) is 6.23 Å². The normalized spacial score (nSPS) is 16.2. The largest absolute Gasteiger partial charge is 0.481 e. The number of carboxylic acids is 1. The molecule has 0 aliphatic rings. The molecule has 4 atom stereocenters. The highest BCUT2D eigenvalue weighted by Gasteiger charge is 2.46. The summed E-state index contributed by atoms with van der Waals surface area (Å²) in [5, 5.41) is 22.5. The number of hydrogen-bond donors (Lipinski definition) is 5. The Morgan fingerprint density at radius 3 is 1.78 bits per heavy atom. The van der Waals surface area contributed by atoms with Crippen LogP contribution in [-0.4, -0.2) is 101 Å². The van der Waals surface area contributed by atoms with Crippen LogP contribution in [0.25, 0.3) is 0 Å². The molecule has 0 rings (SSSR count). The van der Waals surface area contributed by atoms with Gasteiger partial charge in [0.2, 0.25) is 11.8 Å². The topological polar surface area (TPSA) is 181 Å². The third-order valence-electron chi connectivity index (χ3n) is 11.4. The lowest BCUT2D eigenvalue weighted by atomic mass is 9.67. The average Bonchev–Trinajstić information content (AvgIpc) is 3.07. The molecule has 0 aliphatic carbocycles. The highest BCUT2D eigenvalue weighted by molar-refractivity contribution is 5.95. The minimum Gasteiger partial charge on any atom is -0.481 e. The summed E-state index contributed by atoms with van der Waals surface area (Å²) < 4.78 is 17.4. The van der Waals surface area contributed by atoms with Crippen LogP contribution in [0.4, 0.5) is 0 Å². The second-order valence-corrected chi connectivity index (χ2v) is 20.9. The van der Waals surface area contributed by atoms with Crippen molar-refractivity contribution in [2.45, 2.75) is 223 Å². The number of carboxylic acid groups (broad SMARTS) is 1. The summed E-state index contributed by atoms with van der Waals surface area (Å²) in [6, 6.07) is -0.915. The Morgan fingerprint density at radius 1 is 0.695 bits per heavy atom. The second kappa shape index (κ2) is 23.7. The Morgan fingerprint density at radius 2 is 1.27 bits per heavy atom. The molecule has 13 heteroatoms. The highest BCUT2D eigenvalue weighted by atomic mass is 16.5. The van der Waals surface area contributed by atoms with E-state index in [4.69, 9.17) is 14.2 Å². The van der Waals surface area contributed by atoms with E-state index in [0.717, 1.165) is 0 Å². The summed E-state index contributed by atoms with van der Waals surface area (Å²) >= 11 is 0. The quantitative estimate of drug-likeness (QED) is 0.0423. The second-order valence-electron chi connectivity index (χ2n) is 20.9.